The first-order chi connectivity index (χ1) is 9.12. The van der Waals surface area contributed by atoms with Crippen LogP contribution in [0.3, 0.4) is 0 Å². The lowest BCUT2D eigenvalue weighted by molar-refractivity contribution is -0.289. The van der Waals surface area contributed by atoms with E-state index in [4.69, 9.17) is 0 Å². The summed E-state index contributed by atoms with van der Waals surface area (Å²) in [6, 6.07) is 0. The van der Waals surface area contributed by atoms with E-state index >= 15 is 0 Å². The smallest absolute Gasteiger partial charge is 0.451 e. The van der Waals surface area contributed by atoms with E-state index in [2.05, 4.69) is 4.74 Å². The fourth-order valence-corrected chi connectivity index (χ4v) is 1.47. The molecule has 0 saturated heterocycles. The Bertz CT molecular complexity index is 393. The molecule has 0 heterocycles. The lowest BCUT2D eigenvalue weighted by Crippen LogP contribution is -2.42. The molecule has 1 nitrogen and oxygen atoms in total. The third-order valence-corrected chi connectivity index (χ3v) is 2.58. The highest BCUT2D eigenvalue weighted by molar-refractivity contribution is 9.11. The van der Waals surface area contributed by atoms with Gasteiger partial charge in [-0.3, -0.25) is 0 Å². The van der Waals surface area contributed by atoms with Gasteiger partial charge in [-0.1, -0.05) is 31.9 Å². The molecule has 21 heavy (non-hydrogen) atoms. The zero-order chi connectivity index (χ0) is 17.3. The Labute approximate surface area is 126 Å². The van der Waals surface area contributed by atoms with Gasteiger partial charge in [-0.2, -0.15) is 43.9 Å². The summed E-state index contributed by atoms with van der Waals surface area (Å²) in [5.41, 5.74) is 0. The maximum absolute atomic E-state index is 12.9. The van der Waals surface area contributed by atoms with Crippen LogP contribution in [0.15, 0.2) is 21.5 Å². The first-order valence-electron chi connectivity index (χ1n) is 4.31. The maximum atomic E-state index is 12.9. The molecule has 0 rings (SSSR count). The molecule has 0 aliphatic carbocycles. The normalized spacial score (nSPS) is 16.2. The number of ether oxygens (including phenoxy) is 1. The van der Waals surface area contributed by atoms with Gasteiger partial charge in [0.2, 0.25) is 0 Å². The molecule has 0 aliphatic heterocycles. The van der Waals surface area contributed by atoms with Crippen molar-refractivity contribution >= 4 is 31.9 Å². The summed E-state index contributed by atoms with van der Waals surface area (Å²) in [6.45, 7) is 0. The average molecular weight is 464 g/mol. The first kappa shape index (κ1) is 20.5. The molecule has 124 valence electrons. The Morgan fingerprint density at radius 1 is 0.619 bits per heavy atom. The molecule has 0 aromatic heterocycles. The number of hydrogen-bond acceptors (Lipinski definition) is 1. The van der Waals surface area contributed by atoms with E-state index in [9.17, 15) is 43.9 Å². The van der Waals surface area contributed by atoms with Gasteiger partial charge in [0.25, 0.3) is 0 Å². The fourth-order valence-electron chi connectivity index (χ4n) is 0.708. The topological polar surface area (TPSA) is 9.23 Å². The Balaban J connectivity index is 5.63. The van der Waals surface area contributed by atoms with E-state index < -0.39 is 35.7 Å². The highest BCUT2D eigenvalue weighted by Gasteiger charge is 2.65. The van der Waals surface area contributed by atoms with Crippen LogP contribution >= 0.6 is 31.9 Å². The highest BCUT2D eigenvalue weighted by Crippen LogP contribution is 2.47. The molecule has 0 unspecified atom stereocenters. The number of alkyl halides is 10. The van der Waals surface area contributed by atoms with Gasteiger partial charge < -0.3 is 4.74 Å². The summed E-state index contributed by atoms with van der Waals surface area (Å²) >= 11 is 3.97. The molecule has 0 bridgehead atoms. The number of hydrogen-bond donors (Lipinski definition) is 0. The van der Waals surface area contributed by atoms with Crippen molar-refractivity contribution in [3.05, 3.63) is 21.5 Å². The zero-order valence-electron chi connectivity index (χ0n) is 9.10. The Hall–Kier alpha value is -0.460. The van der Waals surface area contributed by atoms with Crippen LogP contribution in [0.4, 0.5) is 43.9 Å². The van der Waals surface area contributed by atoms with Crippen LogP contribution < -0.4 is 0 Å². The predicted octanol–water partition coefficient (Wildman–Crippen LogP) is 5.87. The molecular formula is C8H2Br2F10O. The van der Waals surface area contributed by atoms with Gasteiger partial charge in [-0.25, -0.2) is 0 Å². The SMILES string of the molecule is FC(F)(F)C(F)(F)C(=CBr)OC(=CBr)C(F)(F)C(F)(F)F. The van der Waals surface area contributed by atoms with Gasteiger partial charge in [0.15, 0.2) is 11.5 Å². The molecule has 0 amide bonds. The Morgan fingerprint density at radius 2 is 0.857 bits per heavy atom. The minimum absolute atomic E-state index is 0.260. The summed E-state index contributed by atoms with van der Waals surface area (Å²) in [7, 11) is 0. The minimum atomic E-state index is -6.27. The van der Waals surface area contributed by atoms with Gasteiger partial charge >= 0.3 is 24.2 Å². The van der Waals surface area contributed by atoms with Gasteiger partial charge in [-0.15, -0.1) is 0 Å². The quantitative estimate of drug-likeness (QED) is 0.374. The maximum Gasteiger partial charge on any atom is 0.461 e. The van der Waals surface area contributed by atoms with Crippen LogP contribution in [0.2, 0.25) is 0 Å². The van der Waals surface area contributed by atoms with Crippen molar-refractivity contribution in [2.75, 3.05) is 0 Å². The first-order valence-corrected chi connectivity index (χ1v) is 6.14. The van der Waals surface area contributed by atoms with Crippen molar-refractivity contribution in [1.29, 1.82) is 0 Å². The second-order valence-electron chi connectivity index (χ2n) is 3.19. The lowest BCUT2D eigenvalue weighted by Gasteiger charge is -2.26. The van der Waals surface area contributed by atoms with E-state index in [0.717, 1.165) is 0 Å². The van der Waals surface area contributed by atoms with Crippen molar-refractivity contribution in [2.45, 2.75) is 24.2 Å². The lowest BCUT2D eigenvalue weighted by atomic mass is 10.2. The molecule has 13 heteroatoms. The van der Waals surface area contributed by atoms with E-state index in [-0.39, 0.29) is 9.97 Å². The molecule has 0 radical (unpaired) electrons. The second kappa shape index (κ2) is 6.34. The highest BCUT2D eigenvalue weighted by atomic mass is 79.9. The molecule has 0 spiro atoms. The van der Waals surface area contributed by atoms with Crippen molar-refractivity contribution in [1.82, 2.24) is 0 Å². The molecule has 0 fully saturated rings. The molecule has 0 aromatic carbocycles. The molecular weight excluding hydrogens is 462 g/mol. The molecule has 0 saturated carbocycles. The molecule has 0 N–H and O–H groups in total. The van der Waals surface area contributed by atoms with E-state index in [1.54, 1.807) is 0 Å². The summed E-state index contributed by atoms with van der Waals surface area (Å²) in [5.74, 6) is -16.6. The van der Waals surface area contributed by atoms with Crippen LogP contribution in [0.25, 0.3) is 0 Å². The number of rotatable bonds is 4. The van der Waals surface area contributed by atoms with Gasteiger partial charge in [-0.05, 0) is 0 Å². The van der Waals surface area contributed by atoms with Crippen molar-refractivity contribution in [3.8, 4) is 0 Å². The van der Waals surface area contributed by atoms with Gasteiger partial charge in [0, 0.05) is 9.97 Å². The van der Waals surface area contributed by atoms with Crippen LogP contribution in [0.5, 0.6) is 0 Å². The van der Waals surface area contributed by atoms with Crippen molar-refractivity contribution in [3.63, 3.8) is 0 Å². The fraction of sp³-hybridized carbons (Fsp3) is 0.500. The zero-order valence-corrected chi connectivity index (χ0v) is 12.3. The summed E-state index contributed by atoms with van der Waals surface area (Å²) in [4.78, 5) is -0.521. The third-order valence-electron chi connectivity index (χ3n) is 1.75. The van der Waals surface area contributed by atoms with E-state index in [1.807, 2.05) is 31.9 Å². The molecule has 0 atom stereocenters. The van der Waals surface area contributed by atoms with E-state index in [1.165, 1.54) is 0 Å². The number of allylic oxidation sites excluding steroid dienone is 2. The summed E-state index contributed by atoms with van der Waals surface area (Å²) in [5, 5.41) is 0. The van der Waals surface area contributed by atoms with Crippen LogP contribution in [-0.2, 0) is 4.74 Å². The standard InChI is InChI=1S/C8H2Br2F10O/c9-1-3(5(11,12)7(15,16)17)21-4(2-10)6(13,14)8(18,19)20/h1-2H. The molecule has 0 aliphatic rings. The second-order valence-corrected chi connectivity index (χ2v) is 4.11. The van der Waals surface area contributed by atoms with Crippen LogP contribution in [-0.4, -0.2) is 24.2 Å². The van der Waals surface area contributed by atoms with E-state index in [0.29, 0.717) is 0 Å². The van der Waals surface area contributed by atoms with Gasteiger partial charge in [0.05, 0.1) is 0 Å². The predicted molar refractivity (Wildman–Crippen MR) is 57.1 cm³/mol. The van der Waals surface area contributed by atoms with Crippen molar-refractivity contribution < 1.29 is 48.6 Å². The largest absolute Gasteiger partial charge is 0.461 e. The monoisotopic (exact) mass is 462 g/mol. The number of halogens is 12. The third kappa shape index (κ3) is 4.27. The van der Waals surface area contributed by atoms with Gasteiger partial charge in [0.1, 0.15) is 0 Å². The minimum Gasteiger partial charge on any atom is -0.451 e. The van der Waals surface area contributed by atoms with Crippen molar-refractivity contribution in [2.24, 2.45) is 0 Å². The Morgan fingerprint density at radius 3 is 1.00 bits per heavy atom. The molecule has 0 aromatic rings. The average Bonchev–Trinajstić information content (AvgIpc) is 2.26. The Kier molecular flexibility index (Phi) is 6.20. The summed E-state index contributed by atoms with van der Waals surface area (Å²) < 4.78 is 127. The van der Waals surface area contributed by atoms with Crippen LogP contribution in [0, 0.1) is 0 Å². The summed E-state index contributed by atoms with van der Waals surface area (Å²) in [6.07, 6.45) is -12.5. The van der Waals surface area contributed by atoms with Crippen LogP contribution in [0.1, 0.15) is 0 Å².